The lowest BCUT2D eigenvalue weighted by atomic mass is 10.2. The Morgan fingerprint density at radius 1 is 1.40 bits per heavy atom. The molecule has 0 aliphatic carbocycles. The second kappa shape index (κ2) is 4.57. The number of ether oxygens (including phenoxy) is 1. The first kappa shape index (κ1) is 11.9. The van der Waals surface area contributed by atoms with E-state index < -0.39 is 7.60 Å². The Balaban J connectivity index is 2.91. The molecule has 0 bridgehead atoms. The largest absolute Gasteiger partial charge is 0.478 e. The maximum Gasteiger partial charge on any atom is 0.356 e. The van der Waals surface area contributed by atoms with E-state index in [1.807, 2.05) is 0 Å². The monoisotopic (exact) mass is 229 g/mol. The van der Waals surface area contributed by atoms with Crippen LogP contribution in [0, 0.1) is 5.41 Å². The average Bonchev–Trinajstić information content (AvgIpc) is 2.17. The molecule has 0 atom stereocenters. The van der Waals surface area contributed by atoms with Crippen LogP contribution >= 0.6 is 7.60 Å². The molecule has 0 aliphatic rings. The second-order valence-corrected chi connectivity index (χ2v) is 4.46. The minimum Gasteiger partial charge on any atom is -0.478 e. The van der Waals surface area contributed by atoms with E-state index in [4.69, 9.17) is 19.9 Å². The lowest BCUT2D eigenvalue weighted by molar-refractivity contribution is 0.325. The summed E-state index contributed by atoms with van der Waals surface area (Å²) in [5.74, 6) is -0.00485. The zero-order valence-electron chi connectivity index (χ0n) is 8.17. The van der Waals surface area contributed by atoms with Crippen LogP contribution in [0.5, 0.6) is 0 Å². The lowest BCUT2D eigenvalue weighted by Gasteiger charge is -2.06. The van der Waals surface area contributed by atoms with Gasteiger partial charge in [0, 0.05) is 5.56 Å². The SMILES string of the molecule is CCOC(=N)c1ccc(P(=O)(O)O)cc1. The molecular weight excluding hydrogens is 217 g/mol. The van der Waals surface area contributed by atoms with E-state index in [2.05, 4.69) is 0 Å². The summed E-state index contributed by atoms with van der Waals surface area (Å²) < 4.78 is 15.8. The fraction of sp³-hybridized carbons (Fsp3) is 0.222. The molecule has 15 heavy (non-hydrogen) atoms. The van der Waals surface area contributed by atoms with Gasteiger partial charge in [0.2, 0.25) is 5.90 Å². The molecule has 0 amide bonds. The summed E-state index contributed by atoms with van der Waals surface area (Å²) in [7, 11) is -4.19. The van der Waals surface area contributed by atoms with Gasteiger partial charge in [-0.15, -0.1) is 0 Å². The number of hydrogen-bond donors (Lipinski definition) is 3. The van der Waals surface area contributed by atoms with Gasteiger partial charge < -0.3 is 14.5 Å². The third-order valence-corrected chi connectivity index (χ3v) is 2.73. The first-order chi connectivity index (χ1) is 6.95. The van der Waals surface area contributed by atoms with Crippen LogP contribution in [0.3, 0.4) is 0 Å². The third-order valence-electron chi connectivity index (χ3n) is 1.75. The Hall–Kier alpha value is -1.16. The first-order valence-electron chi connectivity index (χ1n) is 4.33. The molecule has 0 saturated heterocycles. The van der Waals surface area contributed by atoms with Crippen LogP contribution in [0.25, 0.3) is 0 Å². The molecule has 6 heteroatoms. The van der Waals surface area contributed by atoms with Crippen molar-refractivity contribution in [2.45, 2.75) is 6.92 Å². The van der Waals surface area contributed by atoms with E-state index in [0.717, 1.165) is 0 Å². The normalized spacial score (nSPS) is 11.1. The van der Waals surface area contributed by atoms with E-state index in [-0.39, 0.29) is 11.2 Å². The van der Waals surface area contributed by atoms with Gasteiger partial charge >= 0.3 is 7.60 Å². The first-order valence-corrected chi connectivity index (χ1v) is 5.94. The van der Waals surface area contributed by atoms with Crippen molar-refractivity contribution in [1.82, 2.24) is 0 Å². The average molecular weight is 229 g/mol. The van der Waals surface area contributed by atoms with Crippen LogP contribution in [-0.4, -0.2) is 22.3 Å². The summed E-state index contributed by atoms with van der Waals surface area (Å²) in [4.78, 5) is 17.7. The number of hydrogen-bond acceptors (Lipinski definition) is 3. The minimum atomic E-state index is -4.19. The highest BCUT2D eigenvalue weighted by Gasteiger charge is 2.16. The molecule has 0 radical (unpaired) electrons. The van der Waals surface area contributed by atoms with Crippen molar-refractivity contribution in [3.05, 3.63) is 29.8 Å². The van der Waals surface area contributed by atoms with E-state index in [9.17, 15) is 4.57 Å². The van der Waals surface area contributed by atoms with Crippen LogP contribution in [-0.2, 0) is 9.30 Å². The fourth-order valence-electron chi connectivity index (χ4n) is 1.03. The maximum absolute atomic E-state index is 10.8. The Morgan fingerprint density at radius 3 is 2.33 bits per heavy atom. The molecule has 0 unspecified atom stereocenters. The molecule has 3 N–H and O–H groups in total. The van der Waals surface area contributed by atoms with Gasteiger partial charge in [0.1, 0.15) is 0 Å². The summed E-state index contributed by atoms with van der Waals surface area (Å²) in [6, 6.07) is 5.49. The van der Waals surface area contributed by atoms with Crippen molar-refractivity contribution in [2.24, 2.45) is 0 Å². The van der Waals surface area contributed by atoms with Gasteiger partial charge in [-0.05, 0) is 31.2 Å². The Morgan fingerprint density at radius 2 is 1.93 bits per heavy atom. The molecule has 1 rings (SSSR count). The molecule has 0 aliphatic heterocycles. The summed E-state index contributed by atoms with van der Waals surface area (Å²) >= 11 is 0. The second-order valence-electron chi connectivity index (χ2n) is 2.85. The van der Waals surface area contributed by atoms with E-state index in [1.165, 1.54) is 24.3 Å². The van der Waals surface area contributed by atoms with Gasteiger partial charge in [-0.25, -0.2) is 0 Å². The summed E-state index contributed by atoms with van der Waals surface area (Å²) in [6.45, 7) is 2.15. The van der Waals surface area contributed by atoms with Gasteiger partial charge in [0.05, 0.1) is 11.9 Å². The highest BCUT2D eigenvalue weighted by molar-refractivity contribution is 7.60. The zero-order valence-corrected chi connectivity index (χ0v) is 9.07. The molecule has 5 nitrogen and oxygen atoms in total. The molecule has 0 spiro atoms. The quantitative estimate of drug-likeness (QED) is 0.407. The molecule has 1 aromatic carbocycles. The molecule has 1 aromatic rings. The van der Waals surface area contributed by atoms with Crippen molar-refractivity contribution < 1.29 is 19.1 Å². The maximum atomic E-state index is 10.8. The van der Waals surface area contributed by atoms with Crippen molar-refractivity contribution in [2.75, 3.05) is 6.61 Å². The van der Waals surface area contributed by atoms with Gasteiger partial charge in [0.15, 0.2) is 0 Å². The van der Waals surface area contributed by atoms with Crippen LogP contribution in [0.4, 0.5) is 0 Å². The third kappa shape index (κ3) is 3.16. The predicted molar refractivity (Wildman–Crippen MR) is 56.6 cm³/mol. The number of nitrogens with one attached hydrogen (secondary N) is 1. The Bertz CT molecular complexity index is 395. The molecule has 0 fully saturated rings. The van der Waals surface area contributed by atoms with Crippen LogP contribution < -0.4 is 5.30 Å². The van der Waals surface area contributed by atoms with Crippen LogP contribution in [0.15, 0.2) is 24.3 Å². The van der Waals surface area contributed by atoms with Crippen LogP contribution in [0.1, 0.15) is 12.5 Å². The van der Waals surface area contributed by atoms with Crippen molar-refractivity contribution in [3.8, 4) is 0 Å². The van der Waals surface area contributed by atoms with Crippen molar-refractivity contribution >= 4 is 18.8 Å². The van der Waals surface area contributed by atoms with E-state index >= 15 is 0 Å². The predicted octanol–water partition coefficient (Wildman–Crippen LogP) is 0.851. The molecular formula is C9H12NO4P. The van der Waals surface area contributed by atoms with E-state index in [1.54, 1.807) is 6.92 Å². The summed E-state index contributed by atoms with van der Waals surface area (Å²) in [5, 5.41) is 7.38. The highest BCUT2D eigenvalue weighted by atomic mass is 31.2. The topological polar surface area (TPSA) is 90.6 Å². The molecule has 0 saturated carbocycles. The fourth-order valence-corrected chi connectivity index (χ4v) is 1.57. The lowest BCUT2D eigenvalue weighted by Crippen LogP contribution is -2.08. The Labute approximate surface area is 87.4 Å². The van der Waals surface area contributed by atoms with Crippen LogP contribution in [0.2, 0.25) is 0 Å². The number of rotatable bonds is 3. The minimum absolute atomic E-state index is 0.00485. The summed E-state index contributed by atoms with van der Waals surface area (Å²) in [6.07, 6.45) is 0. The van der Waals surface area contributed by atoms with Crippen molar-refractivity contribution in [1.29, 1.82) is 5.41 Å². The van der Waals surface area contributed by atoms with Gasteiger partial charge in [0.25, 0.3) is 0 Å². The highest BCUT2D eigenvalue weighted by Crippen LogP contribution is 2.32. The molecule has 0 aromatic heterocycles. The van der Waals surface area contributed by atoms with Gasteiger partial charge in [-0.1, -0.05) is 0 Å². The standard InChI is InChI=1S/C9H12NO4P/c1-2-14-9(10)7-3-5-8(6-4-7)15(11,12)13/h3-6,10H,2H2,1H3,(H2,11,12,13). The Kier molecular flexibility index (Phi) is 3.63. The van der Waals surface area contributed by atoms with Gasteiger partial charge in [-0.3, -0.25) is 9.97 Å². The molecule has 0 heterocycles. The van der Waals surface area contributed by atoms with Gasteiger partial charge in [-0.2, -0.15) is 0 Å². The number of benzene rings is 1. The van der Waals surface area contributed by atoms with E-state index in [0.29, 0.717) is 12.2 Å². The molecule has 82 valence electrons. The zero-order chi connectivity index (χ0) is 11.5. The van der Waals surface area contributed by atoms with Crippen molar-refractivity contribution in [3.63, 3.8) is 0 Å². The smallest absolute Gasteiger partial charge is 0.356 e. The summed E-state index contributed by atoms with van der Waals surface area (Å²) in [5.41, 5.74) is 0.494.